The monoisotopic (exact) mass is 283 g/mol. The molecular weight excluding hydrogens is 254 g/mol. The lowest BCUT2D eigenvalue weighted by atomic mass is 9.47. The fraction of sp³-hybridized carbons (Fsp3) is 0.850. The lowest BCUT2D eigenvalue weighted by Gasteiger charge is -2.58. The van der Waals surface area contributed by atoms with E-state index in [0.717, 1.165) is 11.8 Å². The zero-order valence-electron chi connectivity index (χ0n) is 13.7. The van der Waals surface area contributed by atoms with Gasteiger partial charge in [-0.05, 0) is 86.4 Å². The maximum atomic E-state index is 9.64. The van der Waals surface area contributed by atoms with Gasteiger partial charge in [0.15, 0.2) is 0 Å². The predicted octanol–water partition coefficient (Wildman–Crippen LogP) is 5.48. The van der Waals surface area contributed by atoms with Gasteiger partial charge in [-0.2, -0.15) is 5.26 Å². The molecule has 0 aromatic carbocycles. The van der Waals surface area contributed by atoms with Crippen molar-refractivity contribution in [2.75, 3.05) is 0 Å². The summed E-state index contributed by atoms with van der Waals surface area (Å²) in [5, 5.41) is 9.64. The number of fused-ring (bicyclic) bond motifs is 5. The van der Waals surface area contributed by atoms with Crippen LogP contribution in [0.1, 0.15) is 71.6 Å². The molecule has 0 aromatic rings. The Morgan fingerprint density at radius 3 is 2.76 bits per heavy atom. The number of nitrogens with zero attached hydrogens (tertiary/aromatic N) is 1. The smallest absolute Gasteiger partial charge is 0.0659 e. The molecule has 3 saturated carbocycles. The van der Waals surface area contributed by atoms with Crippen molar-refractivity contribution in [1.82, 2.24) is 0 Å². The summed E-state index contributed by atoms with van der Waals surface area (Å²) in [4.78, 5) is 0. The fourth-order valence-electron chi connectivity index (χ4n) is 6.96. The van der Waals surface area contributed by atoms with Crippen LogP contribution in [0.3, 0.4) is 0 Å². The lowest BCUT2D eigenvalue weighted by molar-refractivity contribution is -0.0444. The van der Waals surface area contributed by atoms with Crippen molar-refractivity contribution in [1.29, 1.82) is 5.26 Å². The first-order valence-electron chi connectivity index (χ1n) is 9.18. The van der Waals surface area contributed by atoms with Crippen molar-refractivity contribution < 1.29 is 0 Å². The second-order valence-electron chi connectivity index (χ2n) is 8.84. The topological polar surface area (TPSA) is 23.8 Å². The quantitative estimate of drug-likeness (QED) is 0.540. The average Bonchev–Trinajstić information content (AvgIpc) is 2.83. The highest BCUT2D eigenvalue weighted by atomic mass is 14.6. The van der Waals surface area contributed by atoms with Gasteiger partial charge in [-0.25, -0.2) is 0 Å². The zero-order valence-corrected chi connectivity index (χ0v) is 13.7. The summed E-state index contributed by atoms with van der Waals surface area (Å²) in [6.45, 7) is 5.06. The molecule has 1 heteroatoms. The van der Waals surface area contributed by atoms with E-state index in [1.165, 1.54) is 57.8 Å². The Hall–Kier alpha value is -0.770. The molecule has 1 nitrogen and oxygen atoms in total. The van der Waals surface area contributed by atoms with E-state index in [1.54, 1.807) is 5.57 Å². The van der Waals surface area contributed by atoms with Crippen LogP contribution in [0.4, 0.5) is 0 Å². The molecule has 0 heterocycles. The maximum absolute atomic E-state index is 9.64. The van der Waals surface area contributed by atoms with Crippen LogP contribution in [0.2, 0.25) is 0 Å². The Bertz CT molecular complexity index is 512. The van der Waals surface area contributed by atoms with E-state index in [2.05, 4.69) is 26.0 Å². The molecule has 3 fully saturated rings. The lowest BCUT2D eigenvalue weighted by Crippen LogP contribution is -2.50. The van der Waals surface area contributed by atoms with Gasteiger partial charge in [0.1, 0.15) is 0 Å². The van der Waals surface area contributed by atoms with Gasteiger partial charge < -0.3 is 0 Å². The van der Waals surface area contributed by atoms with Gasteiger partial charge >= 0.3 is 0 Å². The number of hydrogen-bond donors (Lipinski definition) is 0. The molecule has 114 valence electrons. The number of hydrogen-bond acceptors (Lipinski definition) is 1. The summed E-state index contributed by atoms with van der Waals surface area (Å²) in [5.74, 6) is 2.74. The largest absolute Gasteiger partial charge is 0.198 e. The van der Waals surface area contributed by atoms with Gasteiger partial charge in [-0.15, -0.1) is 0 Å². The third-order valence-electron chi connectivity index (χ3n) is 8.02. The molecule has 4 rings (SSSR count). The van der Waals surface area contributed by atoms with Crippen molar-refractivity contribution in [3.05, 3.63) is 11.6 Å². The summed E-state index contributed by atoms with van der Waals surface area (Å²) >= 11 is 0. The Kier molecular flexibility index (Phi) is 3.04. The maximum Gasteiger partial charge on any atom is 0.0659 e. The third-order valence-corrected chi connectivity index (χ3v) is 8.02. The first kappa shape index (κ1) is 13.9. The second-order valence-corrected chi connectivity index (χ2v) is 8.84. The van der Waals surface area contributed by atoms with Crippen LogP contribution >= 0.6 is 0 Å². The SMILES string of the molecule is C[C@@]12CCC(C#N)[C@H]1[C@@H]1CCC3=CCCC[C@]3(C)[C@H]1CC2. The molecule has 0 spiro atoms. The van der Waals surface area contributed by atoms with E-state index < -0.39 is 0 Å². The molecule has 0 radical (unpaired) electrons. The highest BCUT2D eigenvalue weighted by Gasteiger charge is 2.58. The van der Waals surface area contributed by atoms with Crippen molar-refractivity contribution in [2.45, 2.75) is 71.6 Å². The summed E-state index contributed by atoms with van der Waals surface area (Å²) in [5.41, 5.74) is 2.74. The van der Waals surface area contributed by atoms with E-state index in [9.17, 15) is 5.26 Å². The zero-order chi connectivity index (χ0) is 14.7. The van der Waals surface area contributed by atoms with Crippen LogP contribution in [0.25, 0.3) is 0 Å². The van der Waals surface area contributed by atoms with Gasteiger partial charge in [0.2, 0.25) is 0 Å². The highest BCUT2D eigenvalue weighted by molar-refractivity contribution is 5.24. The summed E-state index contributed by atoms with van der Waals surface area (Å²) in [6, 6.07) is 2.69. The predicted molar refractivity (Wildman–Crippen MR) is 85.4 cm³/mol. The van der Waals surface area contributed by atoms with Crippen molar-refractivity contribution in [2.24, 2.45) is 34.5 Å². The molecule has 0 bridgehead atoms. The van der Waals surface area contributed by atoms with E-state index >= 15 is 0 Å². The Balaban J connectivity index is 1.71. The molecule has 0 aliphatic heterocycles. The van der Waals surface area contributed by atoms with Crippen LogP contribution in [0.5, 0.6) is 0 Å². The van der Waals surface area contributed by atoms with Crippen LogP contribution in [0, 0.1) is 45.8 Å². The summed E-state index contributed by atoms with van der Waals surface area (Å²) in [7, 11) is 0. The molecule has 4 aliphatic rings. The van der Waals surface area contributed by atoms with Crippen molar-refractivity contribution in [3.8, 4) is 6.07 Å². The van der Waals surface area contributed by atoms with E-state index in [0.29, 0.717) is 22.7 Å². The van der Waals surface area contributed by atoms with Crippen LogP contribution in [-0.2, 0) is 0 Å². The molecule has 0 amide bonds. The Morgan fingerprint density at radius 1 is 1.14 bits per heavy atom. The summed E-state index contributed by atoms with van der Waals surface area (Å²) < 4.78 is 0. The first-order chi connectivity index (χ1) is 10.1. The summed E-state index contributed by atoms with van der Waals surface area (Å²) in [6.07, 6.45) is 14.6. The van der Waals surface area contributed by atoms with Gasteiger partial charge in [0.05, 0.1) is 6.07 Å². The van der Waals surface area contributed by atoms with Gasteiger partial charge in [-0.1, -0.05) is 25.5 Å². The third kappa shape index (κ3) is 1.81. The standard InChI is InChI=1S/C20H29N/c1-19-11-8-14(13-21)18(19)16-7-6-15-5-3-4-10-20(15,2)17(16)9-12-19/h5,14,16-18H,3-4,6-12H2,1-2H3/t14?,16-,17+,18+,19+,20+/m1/s1. The fourth-order valence-corrected chi connectivity index (χ4v) is 6.96. The van der Waals surface area contributed by atoms with E-state index in [-0.39, 0.29) is 0 Å². The van der Waals surface area contributed by atoms with E-state index in [4.69, 9.17) is 0 Å². The minimum atomic E-state index is 0.348. The molecule has 0 aromatic heterocycles. The van der Waals surface area contributed by atoms with Gasteiger partial charge in [0.25, 0.3) is 0 Å². The normalized spacial score (nSPS) is 52.1. The first-order valence-corrected chi connectivity index (χ1v) is 9.18. The molecule has 6 atom stereocenters. The number of rotatable bonds is 0. The molecule has 4 aliphatic carbocycles. The van der Waals surface area contributed by atoms with Crippen molar-refractivity contribution in [3.63, 3.8) is 0 Å². The number of nitriles is 1. The van der Waals surface area contributed by atoms with Crippen LogP contribution in [-0.4, -0.2) is 0 Å². The van der Waals surface area contributed by atoms with E-state index in [1.807, 2.05) is 0 Å². The molecular formula is C20H29N. The van der Waals surface area contributed by atoms with Crippen LogP contribution < -0.4 is 0 Å². The highest BCUT2D eigenvalue weighted by Crippen LogP contribution is 2.66. The van der Waals surface area contributed by atoms with Crippen LogP contribution in [0.15, 0.2) is 11.6 Å². The minimum Gasteiger partial charge on any atom is -0.198 e. The Morgan fingerprint density at radius 2 is 1.95 bits per heavy atom. The van der Waals surface area contributed by atoms with Crippen molar-refractivity contribution >= 4 is 0 Å². The second kappa shape index (κ2) is 4.61. The molecule has 21 heavy (non-hydrogen) atoms. The van der Waals surface area contributed by atoms with Gasteiger partial charge in [0, 0.05) is 5.92 Å². The molecule has 0 saturated heterocycles. The van der Waals surface area contributed by atoms with Gasteiger partial charge in [-0.3, -0.25) is 0 Å². The molecule has 0 N–H and O–H groups in total. The average molecular weight is 283 g/mol. The minimum absolute atomic E-state index is 0.348. The Labute approximate surface area is 129 Å². The number of allylic oxidation sites excluding steroid dienone is 2. The molecule has 1 unspecified atom stereocenters.